The second-order valence-corrected chi connectivity index (χ2v) is 5.95. The molecular formula is C14H16Br2N2. The molecule has 1 aromatic carbocycles. The molecule has 0 amide bonds. The highest BCUT2D eigenvalue weighted by molar-refractivity contribution is 9.11. The molecule has 2 aromatic rings. The quantitative estimate of drug-likeness (QED) is 0.787. The smallest absolute Gasteiger partial charge is 0.0740 e. The fraction of sp³-hybridized carbons (Fsp3) is 0.286. The maximum Gasteiger partial charge on any atom is 0.0740 e. The van der Waals surface area contributed by atoms with Crippen molar-refractivity contribution in [3.63, 3.8) is 0 Å². The fourth-order valence-corrected chi connectivity index (χ4v) is 3.21. The molecule has 1 atom stereocenters. The van der Waals surface area contributed by atoms with Gasteiger partial charge >= 0.3 is 0 Å². The van der Waals surface area contributed by atoms with Gasteiger partial charge in [-0.3, -0.25) is 0 Å². The second-order valence-electron chi connectivity index (χ2n) is 4.18. The van der Waals surface area contributed by atoms with Gasteiger partial charge in [-0.1, -0.05) is 44.8 Å². The Morgan fingerprint density at radius 1 is 1.28 bits per heavy atom. The van der Waals surface area contributed by atoms with Crippen LogP contribution in [0.15, 0.2) is 45.5 Å². The molecule has 0 saturated carbocycles. The van der Waals surface area contributed by atoms with Gasteiger partial charge in [0, 0.05) is 20.8 Å². The van der Waals surface area contributed by atoms with Crippen LogP contribution in [0.3, 0.4) is 0 Å². The maximum atomic E-state index is 3.64. The molecule has 2 nitrogen and oxygen atoms in total. The van der Waals surface area contributed by atoms with Gasteiger partial charge in [0.25, 0.3) is 0 Å². The van der Waals surface area contributed by atoms with E-state index in [1.807, 2.05) is 12.3 Å². The number of nitrogens with one attached hydrogen (secondary N) is 2. The molecule has 1 aromatic heterocycles. The number of halogens is 2. The maximum absolute atomic E-state index is 3.64. The highest BCUT2D eigenvalue weighted by atomic mass is 79.9. The van der Waals surface area contributed by atoms with Crippen LogP contribution in [0.25, 0.3) is 0 Å². The molecule has 4 heteroatoms. The number of aromatic nitrogens is 1. The van der Waals surface area contributed by atoms with Gasteiger partial charge in [-0.05, 0) is 42.8 Å². The average molecular weight is 372 g/mol. The zero-order valence-corrected chi connectivity index (χ0v) is 13.4. The van der Waals surface area contributed by atoms with Crippen molar-refractivity contribution >= 4 is 31.9 Å². The molecule has 0 spiro atoms. The molecule has 0 radical (unpaired) electrons. The van der Waals surface area contributed by atoms with Gasteiger partial charge in [0.2, 0.25) is 0 Å². The summed E-state index contributed by atoms with van der Waals surface area (Å²) in [6.07, 6.45) is 3.08. The first kappa shape index (κ1) is 13.8. The summed E-state index contributed by atoms with van der Waals surface area (Å²) in [5, 5.41) is 3.57. The third-order valence-electron chi connectivity index (χ3n) is 2.80. The molecule has 1 heterocycles. The van der Waals surface area contributed by atoms with Crippen LogP contribution >= 0.6 is 31.9 Å². The van der Waals surface area contributed by atoms with E-state index in [2.05, 4.69) is 73.3 Å². The van der Waals surface area contributed by atoms with Crippen LogP contribution in [0.1, 0.15) is 30.6 Å². The summed E-state index contributed by atoms with van der Waals surface area (Å²) in [5.41, 5.74) is 2.43. The van der Waals surface area contributed by atoms with Crippen LogP contribution in [0.5, 0.6) is 0 Å². The van der Waals surface area contributed by atoms with Crippen LogP contribution in [0, 0.1) is 0 Å². The number of hydrogen-bond donors (Lipinski definition) is 2. The molecule has 96 valence electrons. The molecule has 0 bridgehead atoms. The Bertz CT molecular complexity index is 495. The van der Waals surface area contributed by atoms with E-state index in [0.29, 0.717) is 0 Å². The number of H-pyrrole nitrogens is 1. The van der Waals surface area contributed by atoms with E-state index in [9.17, 15) is 0 Å². The summed E-state index contributed by atoms with van der Waals surface area (Å²) in [5.74, 6) is 0. The summed E-state index contributed by atoms with van der Waals surface area (Å²) in [7, 11) is 0. The van der Waals surface area contributed by atoms with Crippen LogP contribution in [-0.4, -0.2) is 11.5 Å². The lowest BCUT2D eigenvalue weighted by atomic mass is 10.0. The number of benzene rings is 1. The lowest BCUT2D eigenvalue weighted by molar-refractivity contribution is 0.587. The van der Waals surface area contributed by atoms with Crippen molar-refractivity contribution in [2.45, 2.75) is 19.4 Å². The van der Waals surface area contributed by atoms with E-state index < -0.39 is 0 Å². The predicted molar refractivity (Wildman–Crippen MR) is 82.8 cm³/mol. The zero-order chi connectivity index (χ0) is 13.0. The number of rotatable bonds is 5. The lowest BCUT2D eigenvalue weighted by Gasteiger charge is -2.19. The van der Waals surface area contributed by atoms with Crippen LogP contribution < -0.4 is 5.32 Å². The summed E-state index contributed by atoms with van der Waals surface area (Å²) in [6, 6.07) is 10.6. The molecule has 0 saturated heterocycles. The molecule has 0 aliphatic rings. The Hall–Kier alpha value is -0.580. The van der Waals surface area contributed by atoms with Crippen molar-refractivity contribution in [1.29, 1.82) is 0 Å². The van der Waals surface area contributed by atoms with E-state index >= 15 is 0 Å². The molecule has 0 aliphatic heterocycles. The van der Waals surface area contributed by atoms with Crippen molar-refractivity contribution in [1.82, 2.24) is 10.3 Å². The van der Waals surface area contributed by atoms with Crippen LogP contribution in [0.4, 0.5) is 0 Å². The molecule has 0 aliphatic carbocycles. The largest absolute Gasteiger partial charge is 0.363 e. The van der Waals surface area contributed by atoms with E-state index in [1.54, 1.807) is 0 Å². The fourth-order valence-electron chi connectivity index (χ4n) is 1.94. The van der Waals surface area contributed by atoms with Gasteiger partial charge in [0.05, 0.1) is 6.04 Å². The van der Waals surface area contributed by atoms with Gasteiger partial charge in [0.15, 0.2) is 0 Å². The first-order valence-electron chi connectivity index (χ1n) is 6.04. The van der Waals surface area contributed by atoms with E-state index in [4.69, 9.17) is 0 Å². The van der Waals surface area contributed by atoms with E-state index in [-0.39, 0.29) is 6.04 Å². The summed E-state index contributed by atoms with van der Waals surface area (Å²) in [4.78, 5) is 3.29. The number of hydrogen-bond acceptors (Lipinski definition) is 1. The van der Waals surface area contributed by atoms with Crippen molar-refractivity contribution in [3.05, 3.63) is 56.7 Å². The normalized spacial score (nSPS) is 12.6. The number of aromatic amines is 1. The molecule has 0 fully saturated rings. The molecule has 2 N–H and O–H groups in total. The monoisotopic (exact) mass is 370 g/mol. The topological polar surface area (TPSA) is 27.8 Å². The van der Waals surface area contributed by atoms with Gasteiger partial charge < -0.3 is 10.3 Å². The highest BCUT2D eigenvalue weighted by Crippen LogP contribution is 2.30. The van der Waals surface area contributed by atoms with Gasteiger partial charge in [-0.15, -0.1) is 0 Å². The Labute approximate surface area is 124 Å². The zero-order valence-electron chi connectivity index (χ0n) is 10.2. The van der Waals surface area contributed by atoms with E-state index in [1.165, 1.54) is 11.3 Å². The summed E-state index contributed by atoms with van der Waals surface area (Å²) in [6.45, 7) is 3.17. The minimum Gasteiger partial charge on any atom is -0.363 e. The minimum absolute atomic E-state index is 0.197. The molecular weight excluding hydrogens is 356 g/mol. The molecule has 1 unspecified atom stereocenters. The standard InChI is InChI=1S/C14H16Br2N2/c1-2-7-18-14(13-4-3-8-17-13)11-6-5-10(15)9-12(11)16/h3-6,8-9,14,17-18H,2,7H2,1H3. The summed E-state index contributed by atoms with van der Waals surface area (Å²) < 4.78 is 2.19. The highest BCUT2D eigenvalue weighted by Gasteiger charge is 2.16. The third-order valence-corrected chi connectivity index (χ3v) is 3.98. The lowest BCUT2D eigenvalue weighted by Crippen LogP contribution is -2.23. The minimum atomic E-state index is 0.197. The van der Waals surface area contributed by atoms with Crippen molar-refractivity contribution < 1.29 is 0 Å². The van der Waals surface area contributed by atoms with Crippen LogP contribution in [-0.2, 0) is 0 Å². The van der Waals surface area contributed by atoms with Gasteiger partial charge in [-0.2, -0.15) is 0 Å². The van der Waals surface area contributed by atoms with Gasteiger partial charge in [0.1, 0.15) is 0 Å². The Kier molecular flexibility index (Phi) is 5.03. The SMILES string of the molecule is CCCNC(c1ccc[nH]1)c1ccc(Br)cc1Br. The van der Waals surface area contributed by atoms with Crippen molar-refractivity contribution in [2.75, 3.05) is 6.54 Å². The Balaban J connectivity index is 2.33. The first-order valence-corrected chi connectivity index (χ1v) is 7.62. The summed E-state index contributed by atoms with van der Waals surface area (Å²) >= 11 is 7.13. The van der Waals surface area contributed by atoms with Crippen molar-refractivity contribution in [3.8, 4) is 0 Å². The molecule has 2 rings (SSSR count). The third kappa shape index (κ3) is 3.25. The Morgan fingerprint density at radius 2 is 2.11 bits per heavy atom. The van der Waals surface area contributed by atoms with Gasteiger partial charge in [-0.25, -0.2) is 0 Å². The Morgan fingerprint density at radius 3 is 2.72 bits per heavy atom. The van der Waals surface area contributed by atoms with Crippen molar-refractivity contribution in [2.24, 2.45) is 0 Å². The van der Waals surface area contributed by atoms with Crippen LogP contribution in [0.2, 0.25) is 0 Å². The van der Waals surface area contributed by atoms with E-state index in [0.717, 1.165) is 21.9 Å². The second kappa shape index (κ2) is 6.55. The average Bonchev–Trinajstić information content (AvgIpc) is 2.85. The first-order chi connectivity index (χ1) is 8.72. The predicted octanol–water partition coefficient (Wildman–Crippen LogP) is 4.63. The molecule has 18 heavy (non-hydrogen) atoms.